The summed E-state index contributed by atoms with van der Waals surface area (Å²) in [7, 11) is 0. The summed E-state index contributed by atoms with van der Waals surface area (Å²) in [5.74, 6) is -0.0530. The van der Waals surface area contributed by atoms with Gasteiger partial charge in [0, 0.05) is 48.2 Å². The fourth-order valence-corrected chi connectivity index (χ4v) is 3.92. The number of hydrogen-bond donors (Lipinski definition) is 1. The van der Waals surface area contributed by atoms with Gasteiger partial charge in [0.25, 0.3) is 5.91 Å². The molecule has 0 radical (unpaired) electrons. The zero-order valence-corrected chi connectivity index (χ0v) is 16.8. The van der Waals surface area contributed by atoms with Crippen molar-refractivity contribution in [1.29, 1.82) is 0 Å². The highest BCUT2D eigenvalue weighted by Gasteiger charge is 2.25. The lowest BCUT2D eigenvalue weighted by molar-refractivity contribution is -0.125. The second-order valence-electron chi connectivity index (χ2n) is 7.60. The Balaban J connectivity index is 1.30. The highest BCUT2D eigenvalue weighted by Crippen LogP contribution is 2.25. The summed E-state index contributed by atoms with van der Waals surface area (Å²) in [4.78, 5) is 39.4. The number of nitrogens with one attached hydrogen (secondary N) is 1. The molecule has 0 saturated carbocycles. The fraction of sp³-hybridized carbons (Fsp3) is 0.348. The summed E-state index contributed by atoms with van der Waals surface area (Å²) in [5.41, 5.74) is 3.29. The molecule has 2 aliphatic heterocycles. The Labute approximate surface area is 175 Å². The van der Waals surface area contributed by atoms with Crippen LogP contribution in [-0.2, 0) is 14.3 Å². The van der Waals surface area contributed by atoms with Gasteiger partial charge < -0.3 is 19.9 Å². The largest absolute Gasteiger partial charge is 0.371 e. The Kier molecular flexibility index (Phi) is 6.09. The molecule has 30 heavy (non-hydrogen) atoms. The normalized spacial score (nSPS) is 17.7. The Morgan fingerprint density at radius 1 is 0.967 bits per heavy atom. The van der Waals surface area contributed by atoms with Gasteiger partial charge in [-0.25, -0.2) is 0 Å². The fourth-order valence-electron chi connectivity index (χ4n) is 3.92. The third-order valence-electron chi connectivity index (χ3n) is 5.69. The lowest BCUT2D eigenvalue weighted by atomic mass is 9.95. The third-order valence-corrected chi connectivity index (χ3v) is 5.69. The molecule has 2 heterocycles. The zero-order valence-electron chi connectivity index (χ0n) is 16.8. The standard InChI is InChI=1S/C23H25N3O4/c27-15-17-1-5-20(6-2-17)25-11-9-18(10-12-25)23(29)24-19-3-7-21(8-4-19)26-13-14-30-16-22(26)28/h1-8,15,18H,9-14,16H2,(H,24,29). The number of morpholine rings is 1. The van der Waals surface area contributed by atoms with Gasteiger partial charge in [-0.15, -0.1) is 0 Å². The summed E-state index contributed by atoms with van der Waals surface area (Å²) in [6.07, 6.45) is 2.40. The second kappa shape index (κ2) is 9.09. The quantitative estimate of drug-likeness (QED) is 0.771. The van der Waals surface area contributed by atoms with Gasteiger partial charge in [0.05, 0.1) is 6.61 Å². The number of hydrogen-bond acceptors (Lipinski definition) is 5. The van der Waals surface area contributed by atoms with Crippen molar-refractivity contribution in [3.8, 4) is 0 Å². The highest BCUT2D eigenvalue weighted by atomic mass is 16.5. The van der Waals surface area contributed by atoms with Crippen LogP contribution in [0.5, 0.6) is 0 Å². The van der Waals surface area contributed by atoms with Crippen molar-refractivity contribution >= 4 is 35.2 Å². The van der Waals surface area contributed by atoms with E-state index in [-0.39, 0.29) is 24.3 Å². The highest BCUT2D eigenvalue weighted by molar-refractivity contribution is 5.96. The Bertz CT molecular complexity index is 903. The number of nitrogens with zero attached hydrogens (tertiary/aromatic N) is 2. The average molecular weight is 407 g/mol. The number of anilines is 3. The van der Waals surface area contributed by atoms with E-state index in [1.807, 2.05) is 48.5 Å². The van der Waals surface area contributed by atoms with Crippen LogP contribution in [0.2, 0.25) is 0 Å². The molecule has 2 amide bonds. The maximum atomic E-state index is 12.7. The number of piperidine rings is 1. The molecule has 4 rings (SSSR count). The molecule has 2 saturated heterocycles. The smallest absolute Gasteiger partial charge is 0.253 e. The lowest BCUT2D eigenvalue weighted by Gasteiger charge is -2.33. The molecule has 0 aliphatic carbocycles. The Morgan fingerprint density at radius 3 is 2.27 bits per heavy atom. The van der Waals surface area contributed by atoms with E-state index in [0.29, 0.717) is 18.7 Å². The molecule has 0 atom stereocenters. The van der Waals surface area contributed by atoms with E-state index in [0.717, 1.165) is 49.3 Å². The molecule has 1 N–H and O–H groups in total. The molecular formula is C23H25N3O4. The van der Waals surface area contributed by atoms with E-state index in [1.54, 1.807) is 4.90 Å². The lowest BCUT2D eigenvalue weighted by Crippen LogP contribution is -2.41. The molecule has 7 heteroatoms. The minimum atomic E-state index is -0.0504. The van der Waals surface area contributed by atoms with E-state index in [2.05, 4.69) is 10.2 Å². The molecule has 0 bridgehead atoms. The predicted molar refractivity (Wildman–Crippen MR) is 115 cm³/mol. The second-order valence-corrected chi connectivity index (χ2v) is 7.60. The van der Waals surface area contributed by atoms with Crippen molar-refractivity contribution in [3.63, 3.8) is 0 Å². The molecule has 2 aliphatic rings. The number of rotatable bonds is 5. The summed E-state index contributed by atoms with van der Waals surface area (Å²) in [6, 6.07) is 14.9. The number of ether oxygens (including phenoxy) is 1. The van der Waals surface area contributed by atoms with Crippen LogP contribution in [0.3, 0.4) is 0 Å². The first kappa shape index (κ1) is 20.1. The van der Waals surface area contributed by atoms with Crippen molar-refractivity contribution in [2.24, 2.45) is 5.92 Å². The number of benzene rings is 2. The van der Waals surface area contributed by atoms with Gasteiger partial charge in [0.15, 0.2) is 0 Å². The van der Waals surface area contributed by atoms with E-state index in [9.17, 15) is 14.4 Å². The number of aldehydes is 1. The van der Waals surface area contributed by atoms with Gasteiger partial charge in [-0.1, -0.05) is 0 Å². The molecule has 7 nitrogen and oxygen atoms in total. The van der Waals surface area contributed by atoms with Crippen LogP contribution in [0.1, 0.15) is 23.2 Å². The molecule has 0 spiro atoms. The van der Waals surface area contributed by atoms with Gasteiger partial charge in [-0.05, 0) is 61.4 Å². The third kappa shape index (κ3) is 4.52. The SMILES string of the molecule is O=Cc1ccc(N2CCC(C(=O)Nc3ccc(N4CCOCC4=O)cc3)CC2)cc1. The molecule has 2 aromatic carbocycles. The van der Waals surface area contributed by atoms with Crippen LogP contribution in [-0.4, -0.2) is 50.9 Å². The van der Waals surface area contributed by atoms with Gasteiger partial charge in [-0.3, -0.25) is 14.4 Å². The van der Waals surface area contributed by atoms with Crippen LogP contribution in [0.4, 0.5) is 17.1 Å². The van der Waals surface area contributed by atoms with E-state index in [1.165, 1.54) is 0 Å². The number of amides is 2. The maximum Gasteiger partial charge on any atom is 0.253 e. The van der Waals surface area contributed by atoms with Crippen molar-refractivity contribution in [2.45, 2.75) is 12.8 Å². The first-order chi connectivity index (χ1) is 14.6. The first-order valence-corrected chi connectivity index (χ1v) is 10.2. The van der Waals surface area contributed by atoms with Gasteiger partial charge >= 0.3 is 0 Å². The minimum absolute atomic E-state index is 0.0288. The van der Waals surface area contributed by atoms with E-state index < -0.39 is 0 Å². The molecule has 2 aromatic rings. The van der Waals surface area contributed by atoms with Crippen LogP contribution in [0.15, 0.2) is 48.5 Å². The van der Waals surface area contributed by atoms with Crippen LogP contribution < -0.4 is 15.1 Å². The minimum Gasteiger partial charge on any atom is -0.371 e. The zero-order chi connectivity index (χ0) is 20.9. The molecular weight excluding hydrogens is 382 g/mol. The number of carbonyl (C=O) groups is 3. The van der Waals surface area contributed by atoms with Crippen molar-refractivity contribution < 1.29 is 19.1 Å². The summed E-state index contributed by atoms with van der Waals surface area (Å²) in [5, 5.41) is 3.00. The van der Waals surface area contributed by atoms with Crippen LogP contribution in [0, 0.1) is 5.92 Å². The Hall–Kier alpha value is -3.19. The summed E-state index contributed by atoms with van der Waals surface area (Å²) >= 11 is 0. The summed E-state index contributed by atoms with van der Waals surface area (Å²) < 4.78 is 5.16. The van der Waals surface area contributed by atoms with E-state index in [4.69, 9.17) is 4.74 Å². The monoisotopic (exact) mass is 407 g/mol. The van der Waals surface area contributed by atoms with Crippen molar-refractivity contribution in [2.75, 3.05) is 48.0 Å². The van der Waals surface area contributed by atoms with Crippen molar-refractivity contribution in [1.82, 2.24) is 0 Å². The molecule has 0 unspecified atom stereocenters. The number of carbonyl (C=O) groups excluding carboxylic acids is 3. The first-order valence-electron chi connectivity index (χ1n) is 10.2. The maximum absolute atomic E-state index is 12.7. The van der Waals surface area contributed by atoms with Gasteiger partial charge in [-0.2, -0.15) is 0 Å². The van der Waals surface area contributed by atoms with Gasteiger partial charge in [0.2, 0.25) is 5.91 Å². The molecule has 2 fully saturated rings. The van der Waals surface area contributed by atoms with Crippen molar-refractivity contribution in [3.05, 3.63) is 54.1 Å². The average Bonchev–Trinajstić information content (AvgIpc) is 2.80. The molecule has 156 valence electrons. The van der Waals surface area contributed by atoms with Crippen LogP contribution >= 0.6 is 0 Å². The topological polar surface area (TPSA) is 79.0 Å². The van der Waals surface area contributed by atoms with E-state index >= 15 is 0 Å². The van der Waals surface area contributed by atoms with Crippen LogP contribution in [0.25, 0.3) is 0 Å². The van der Waals surface area contributed by atoms with Gasteiger partial charge in [0.1, 0.15) is 12.9 Å². The Morgan fingerprint density at radius 2 is 1.63 bits per heavy atom. The summed E-state index contributed by atoms with van der Waals surface area (Å²) in [6.45, 7) is 2.79. The predicted octanol–water partition coefficient (Wildman–Crippen LogP) is 2.72. The molecule has 0 aromatic heterocycles.